The summed E-state index contributed by atoms with van der Waals surface area (Å²) in [7, 11) is 0. The summed E-state index contributed by atoms with van der Waals surface area (Å²) in [5.74, 6) is 0.392. The van der Waals surface area contributed by atoms with Crippen molar-refractivity contribution < 1.29 is 0 Å². The summed E-state index contributed by atoms with van der Waals surface area (Å²) in [4.78, 5) is 13.8. The monoisotopic (exact) mass is 377 g/mol. The van der Waals surface area contributed by atoms with Crippen molar-refractivity contribution in [2.45, 2.75) is 18.9 Å². The molecule has 4 heterocycles. The number of thiazole rings is 1. The molecule has 0 radical (unpaired) electrons. The Balaban J connectivity index is 1.51. The first-order valence-electron chi connectivity index (χ1n) is 9.01. The van der Waals surface area contributed by atoms with Crippen LogP contribution in [0.3, 0.4) is 0 Å². The second-order valence-electron chi connectivity index (χ2n) is 6.67. The van der Waals surface area contributed by atoms with Gasteiger partial charge in [-0.25, -0.2) is 15.0 Å². The van der Waals surface area contributed by atoms with Crippen molar-refractivity contribution in [3.05, 3.63) is 42.9 Å². The summed E-state index contributed by atoms with van der Waals surface area (Å²) >= 11 is 1.57. The molecule has 3 aromatic heterocycles. The number of nitrogen functional groups attached to an aromatic ring is 1. The Labute approximate surface area is 160 Å². The quantitative estimate of drug-likeness (QED) is 0.570. The van der Waals surface area contributed by atoms with E-state index >= 15 is 0 Å². The summed E-state index contributed by atoms with van der Waals surface area (Å²) in [6, 6.07) is 8.46. The zero-order chi connectivity index (χ0) is 18.2. The van der Waals surface area contributed by atoms with E-state index in [2.05, 4.69) is 26.6 Å². The number of nitrogens with zero attached hydrogens (tertiary/aromatic N) is 5. The number of anilines is 1. The second kappa shape index (κ2) is 6.71. The molecule has 0 aliphatic carbocycles. The van der Waals surface area contributed by atoms with Gasteiger partial charge in [-0.05, 0) is 38.1 Å². The Bertz CT molecular complexity index is 1060. The van der Waals surface area contributed by atoms with Crippen LogP contribution in [-0.4, -0.2) is 37.8 Å². The van der Waals surface area contributed by atoms with Gasteiger partial charge in [0.05, 0.1) is 34.3 Å². The van der Waals surface area contributed by atoms with Crippen LogP contribution in [0.25, 0.3) is 32.2 Å². The van der Waals surface area contributed by atoms with Gasteiger partial charge in [0.1, 0.15) is 10.7 Å². The fourth-order valence-electron chi connectivity index (χ4n) is 3.41. The Morgan fingerprint density at radius 2 is 1.96 bits per heavy atom. The minimum atomic E-state index is 0.392. The molecule has 0 bridgehead atoms. The minimum absolute atomic E-state index is 0.392. The number of rotatable bonds is 3. The van der Waals surface area contributed by atoms with Crippen LogP contribution in [0.5, 0.6) is 0 Å². The van der Waals surface area contributed by atoms with Gasteiger partial charge in [-0.15, -0.1) is 11.3 Å². The van der Waals surface area contributed by atoms with Crippen LogP contribution in [0.4, 0.5) is 5.82 Å². The fourth-order valence-corrected chi connectivity index (χ4v) is 4.37. The highest BCUT2D eigenvalue weighted by atomic mass is 32.1. The lowest BCUT2D eigenvalue weighted by Crippen LogP contribution is -2.29. The van der Waals surface area contributed by atoms with Crippen LogP contribution in [0.1, 0.15) is 18.9 Å². The topological polar surface area (TPSA) is 94.5 Å². The Hall–Kier alpha value is -2.84. The van der Waals surface area contributed by atoms with Crippen molar-refractivity contribution in [2.75, 3.05) is 18.8 Å². The number of aromatic nitrogens is 5. The Morgan fingerprint density at radius 1 is 1.11 bits per heavy atom. The highest BCUT2D eigenvalue weighted by Crippen LogP contribution is 2.32. The van der Waals surface area contributed by atoms with Crippen LogP contribution in [0.15, 0.2) is 42.9 Å². The first kappa shape index (κ1) is 16.3. The molecule has 0 amide bonds. The molecule has 0 atom stereocenters. The average molecular weight is 377 g/mol. The number of hydrogen-bond acceptors (Lipinski definition) is 7. The molecule has 27 heavy (non-hydrogen) atoms. The second-order valence-corrected chi connectivity index (χ2v) is 7.70. The summed E-state index contributed by atoms with van der Waals surface area (Å²) < 4.78 is 3.16. The van der Waals surface area contributed by atoms with E-state index in [0.29, 0.717) is 17.6 Å². The van der Waals surface area contributed by atoms with Gasteiger partial charge in [0, 0.05) is 11.8 Å². The molecular weight excluding hydrogens is 358 g/mol. The lowest BCUT2D eigenvalue weighted by Gasteiger charge is -2.22. The largest absolute Gasteiger partial charge is 0.382 e. The number of benzene rings is 1. The molecule has 136 valence electrons. The summed E-state index contributed by atoms with van der Waals surface area (Å²) in [6.45, 7) is 2.06. The SMILES string of the molecule is Nc1ncc(-c2cnn(C3CCNCC3)c2)nc1-c1nc2ccccc2s1. The minimum Gasteiger partial charge on any atom is -0.382 e. The third kappa shape index (κ3) is 3.07. The molecule has 3 N–H and O–H groups in total. The van der Waals surface area contributed by atoms with Crippen LogP contribution >= 0.6 is 11.3 Å². The van der Waals surface area contributed by atoms with Gasteiger partial charge in [0.25, 0.3) is 0 Å². The molecule has 7 nitrogen and oxygen atoms in total. The van der Waals surface area contributed by atoms with E-state index in [1.165, 1.54) is 0 Å². The van der Waals surface area contributed by atoms with E-state index in [1.54, 1.807) is 17.5 Å². The highest BCUT2D eigenvalue weighted by molar-refractivity contribution is 7.21. The summed E-state index contributed by atoms with van der Waals surface area (Å²) in [5.41, 5.74) is 9.39. The van der Waals surface area contributed by atoms with Crippen molar-refractivity contribution in [3.8, 4) is 22.0 Å². The van der Waals surface area contributed by atoms with E-state index < -0.39 is 0 Å². The van der Waals surface area contributed by atoms with E-state index in [4.69, 9.17) is 10.7 Å². The van der Waals surface area contributed by atoms with Crippen molar-refractivity contribution >= 4 is 27.4 Å². The third-order valence-corrected chi connectivity index (χ3v) is 5.92. The van der Waals surface area contributed by atoms with E-state index in [-0.39, 0.29) is 0 Å². The van der Waals surface area contributed by atoms with Gasteiger partial charge in [-0.3, -0.25) is 4.68 Å². The molecule has 0 spiro atoms. The number of fused-ring (bicyclic) bond motifs is 1. The highest BCUT2D eigenvalue weighted by Gasteiger charge is 2.18. The first-order valence-corrected chi connectivity index (χ1v) is 9.83. The molecule has 5 rings (SSSR count). The molecule has 1 saturated heterocycles. The van der Waals surface area contributed by atoms with Gasteiger partial charge in [-0.2, -0.15) is 5.10 Å². The summed E-state index contributed by atoms with van der Waals surface area (Å²) in [6.07, 6.45) is 7.79. The zero-order valence-electron chi connectivity index (χ0n) is 14.7. The normalized spacial score (nSPS) is 15.4. The Kier molecular flexibility index (Phi) is 4.06. The smallest absolute Gasteiger partial charge is 0.152 e. The zero-order valence-corrected chi connectivity index (χ0v) is 15.5. The molecule has 1 fully saturated rings. The fraction of sp³-hybridized carbons (Fsp3) is 0.263. The molecule has 8 heteroatoms. The maximum atomic E-state index is 6.11. The number of hydrogen-bond donors (Lipinski definition) is 2. The lowest BCUT2D eigenvalue weighted by molar-refractivity contribution is 0.343. The van der Waals surface area contributed by atoms with Gasteiger partial charge in [0.15, 0.2) is 5.82 Å². The first-order chi connectivity index (χ1) is 13.3. The van der Waals surface area contributed by atoms with Crippen molar-refractivity contribution in [3.63, 3.8) is 0 Å². The molecule has 1 aliphatic rings. The third-order valence-electron chi connectivity index (χ3n) is 4.88. The number of para-hydroxylation sites is 1. The Morgan fingerprint density at radius 3 is 2.81 bits per heavy atom. The van der Waals surface area contributed by atoms with E-state index in [9.17, 15) is 0 Å². The molecule has 0 saturated carbocycles. The van der Waals surface area contributed by atoms with Crippen molar-refractivity contribution in [1.29, 1.82) is 0 Å². The molecule has 4 aromatic rings. The number of nitrogens with one attached hydrogen (secondary N) is 1. The standard InChI is InChI=1S/C19H19N7S/c20-18-17(19-25-14-3-1-2-4-16(14)27-19)24-15(10-22-18)12-9-23-26(11-12)13-5-7-21-8-6-13/h1-4,9-11,13,21H,5-8H2,(H2,20,22). The number of nitrogens with two attached hydrogens (primary N) is 1. The van der Waals surface area contributed by atoms with E-state index in [0.717, 1.165) is 52.4 Å². The number of piperidine rings is 1. The van der Waals surface area contributed by atoms with Crippen molar-refractivity contribution in [2.24, 2.45) is 0 Å². The summed E-state index contributed by atoms with van der Waals surface area (Å²) in [5, 5.41) is 8.72. The molecule has 0 unspecified atom stereocenters. The average Bonchev–Trinajstić information content (AvgIpc) is 3.36. The van der Waals surface area contributed by atoms with Crippen LogP contribution in [0, 0.1) is 0 Å². The van der Waals surface area contributed by atoms with E-state index in [1.807, 2.05) is 35.1 Å². The van der Waals surface area contributed by atoms with Gasteiger partial charge < -0.3 is 11.1 Å². The maximum Gasteiger partial charge on any atom is 0.152 e. The van der Waals surface area contributed by atoms with Crippen LogP contribution < -0.4 is 11.1 Å². The molecular formula is C19H19N7S. The lowest BCUT2D eigenvalue weighted by atomic mass is 10.1. The predicted molar refractivity (Wildman–Crippen MR) is 107 cm³/mol. The van der Waals surface area contributed by atoms with Crippen LogP contribution in [-0.2, 0) is 0 Å². The van der Waals surface area contributed by atoms with Crippen LogP contribution in [0.2, 0.25) is 0 Å². The van der Waals surface area contributed by atoms with Gasteiger partial charge in [-0.1, -0.05) is 12.1 Å². The van der Waals surface area contributed by atoms with Crippen molar-refractivity contribution in [1.82, 2.24) is 30.0 Å². The maximum absolute atomic E-state index is 6.11. The predicted octanol–water partition coefficient (Wildman–Crippen LogP) is 3.12. The van der Waals surface area contributed by atoms with Gasteiger partial charge >= 0.3 is 0 Å². The molecule has 1 aromatic carbocycles. The molecule has 1 aliphatic heterocycles. The van der Waals surface area contributed by atoms with Gasteiger partial charge in [0.2, 0.25) is 0 Å².